The van der Waals surface area contributed by atoms with Crippen LogP contribution in [0.15, 0.2) is 28.7 Å². The van der Waals surface area contributed by atoms with Gasteiger partial charge in [0.1, 0.15) is 0 Å². The lowest BCUT2D eigenvalue weighted by molar-refractivity contribution is -0.480. The average molecular weight is 258 g/mol. The third kappa shape index (κ3) is 3.87. The zero-order chi connectivity index (χ0) is 10.4. The van der Waals surface area contributed by atoms with Gasteiger partial charge in [-0.3, -0.25) is 10.1 Å². The van der Waals surface area contributed by atoms with Crippen LogP contribution in [-0.4, -0.2) is 11.5 Å². The number of nitro groups is 1. The molecule has 1 aromatic rings. The summed E-state index contributed by atoms with van der Waals surface area (Å²) in [6.45, 7) is 0.0739. The molecule has 1 aromatic carbocycles. The van der Waals surface area contributed by atoms with Gasteiger partial charge in [0.2, 0.25) is 6.54 Å². The monoisotopic (exact) mass is 257 g/mol. The summed E-state index contributed by atoms with van der Waals surface area (Å²) in [7, 11) is 0. The van der Waals surface area contributed by atoms with Crippen LogP contribution in [-0.2, 0) is 6.42 Å². The number of unbranched alkanes of at least 4 members (excludes halogenated alkanes) is 1. The molecule has 0 atom stereocenters. The van der Waals surface area contributed by atoms with Crippen molar-refractivity contribution in [3.63, 3.8) is 0 Å². The van der Waals surface area contributed by atoms with E-state index in [4.69, 9.17) is 0 Å². The normalized spacial score (nSPS) is 10.1. The quantitative estimate of drug-likeness (QED) is 0.462. The zero-order valence-corrected chi connectivity index (χ0v) is 9.37. The largest absolute Gasteiger partial charge is 0.265 e. The second-order valence-corrected chi connectivity index (χ2v) is 3.96. The smallest absolute Gasteiger partial charge is 0.203 e. The molecule has 0 aliphatic heterocycles. The van der Waals surface area contributed by atoms with Gasteiger partial charge in [-0.1, -0.05) is 34.1 Å². The summed E-state index contributed by atoms with van der Waals surface area (Å²) >= 11 is 3.44. The van der Waals surface area contributed by atoms with Gasteiger partial charge in [0.25, 0.3) is 0 Å². The van der Waals surface area contributed by atoms with Crippen LogP contribution in [0.3, 0.4) is 0 Å². The van der Waals surface area contributed by atoms with Crippen LogP contribution in [0.5, 0.6) is 0 Å². The Bertz CT molecular complexity index is 315. The summed E-state index contributed by atoms with van der Waals surface area (Å²) in [5.41, 5.74) is 1.22. The molecule has 3 nitrogen and oxygen atoms in total. The molecule has 0 heterocycles. The number of rotatable bonds is 5. The van der Waals surface area contributed by atoms with Crippen molar-refractivity contribution in [1.29, 1.82) is 0 Å². The molecule has 0 unspecified atom stereocenters. The second-order valence-electron chi connectivity index (χ2n) is 3.10. The van der Waals surface area contributed by atoms with E-state index in [1.807, 2.05) is 24.3 Å². The number of aryl methyl sites for hydroxylation is 1. The van der Waals surface area contributed by atoms with Gasteiger partial charge in [-0.2, -0.15) is 0 Å². The van der Waals surface area contributed by atoms with Crippen LogP contribution in [0.2, 0.25) is 0 Å². The molecule has 0 fully saturated rings. The highest BCUT2D eigenvalue weighted by Gasteiger charge is 2.00. The van der Waals surface area contributed by atoms with E-state index in [2.05, 4.69) is 15.9 Å². The van der Waals surface area contributed by atoms with Crippen LogP contribution in [0.25, 0.3) is 0 Å². The van der Waals surface area contributed by atoms with E-state index in [-0.39, 0.29) is 11.5 Å². The number of benzene rings is 1. The Balaban J connectivity index is 2.31. The van der Waals surface area contributed by atoms with Gasteiger partial charge in [-0.15, -0.1) is 0 Å². The molecule has 0 saturated carbocycles. The highest BCUT2D eigenvalue weighted by Crippen LogP contribution is 2.17. The molecule has 0 amide bonds. The van der Waals surface area contributed by atoms with E-state index in [1.54, 1.807) is 0 Å². The Kier molecular flexibility index (Phi) is 4.59. The number of nitrogens with zero attached hydrogens (tertiary/aromatic N) is 1. The minimum absolute atomic E-state index is 0.0739. The molecule has 0 aromatic heterocycles. The third-order valence-corrected chi connectivity index (χ3v) is 2.77. The fourth-order valence-corrected chi connectivity index (χ4v) is 1.74. The van der Waals surface area contributed by atoms with Crippen molar-refractivity contribution in [3.8, 4) is 0 Å². The average Bonchev–Trinajstić information content (AvgIpc) is 2.15. The van der Waals surface area contributed by atoms with E-state index < -0.39 is 0 Å². The highest BCUT2D eigenvalue weighted by molar-refractivity contribution is 9.10. The molecule has 0 aliphatic carbocycles. The molecule has 14 heavy (non-hydrogen) atoms. The summed E-state index contributed by atoms with van der Waals surface area (Å²) in [5, 5.41) is 10.1. The van der Waals surface area contributed by atoms with Gasteiger partial charge in [0, 0.05) is 15.8 Å². The molecule has 1 rings (SSSR count). The summed E-state index contributed by atoms with van der Waals surface area (Å²) in [6, 6.07) is 7.97. The summed E-state index contributed by atoms with van der Waals surface area (Å²) in [6.07, 6.45) is 2.41. The van der Waals surface area contributed by atoms with Gasteiger partial charge in [-0.25, -0.2) is 0 Å². The number of hydrogen-bond acceptors (Lipinski definition) is 2. The summed E-state index contributed by atoms with van der Waals surface area (Å²) < 4.78 is 1.08. The van der Waals surface area contributed by atoms with Gasteiger partial charge >= 0.3 is 0 Å². The number of halogens is 1. The molecule has 0 saturated heterocycles. The molecule has 76 valence electrons. The third-order valence-electron chi connectivity index (χ3n) is 1.99. The van der Waals surface area contributed by atoms with E-state index in [0.29, 0.717) is 6.42 Å². The molecular formula is C10H12BrNO2. The maximum absolute atomic E-state index is 10.1. The molecule has 0 radical (unpaired) electrons. The second kappa shape index (κ2) is 5.75. The summed E-state index contributed by atoms with van der Waals surface area (Å²) in [4.78, 5) is 9.81. The van der Waals surface area contributed by atoms with Crippen LogP contribution in [0.4, 0.5) is 0 Å². The minimum Gasteiger partial charge on any atom is -0.265 e. The first-order chi connectivity index (χ1) is 6.70. The van der Waals surface area contributed by atoms with E-state index in [9.17, 15) is 10.1 Å². The lowest BCUT2D eigenvalue weighted by Crippen LogP contribution is -2.00. The molecule has 0 aliphatic rings. The van der Waals surface area contributed by atoms with Crippen LogP contribution in [0, 0.1) is 10.1 Å². The molecule has 0 N–H and O–H groups in total. The predicted octanol–water partition coefficient (Wildman–Crippen LogP) is 3.05. The van der Waals surface area contributed by atoms with E-state index in [0.717, 1.165) is 17.3 Å². The highest BCUT2D eigenvalue weighted by atomic mass is 79.9. The van der Waals surface area contributed by atoms with Gasteiger partial charge < -0.3 is 0 Å². The Morgan fingerprint density at radius 2 is 2.00 bits per heavy atom. The fraction of sp³-hybridized carbons (Fsp3) is 0.400. The van der Waals surface area contributed by atoms with Crippen molar-refractivity contribution in [2.75, 3.05) is 6.54 Å². The van der Waals surface area contributed by atoms with Crippen LogP contribution >= 0.6 is 15.9 Å². The summed E-state index contributed by atoms with van der Waals surface area (Å²) in [5.74, 6) is 0. The van der Waals surface area contributed by atoms with Crippen molar-refractivity contribution in [2.24, 2.45) is 0 Å². The van der Waals surface area contributed by atoms with Crippen LogP contribution < -0.4 is 0 Å². The van der Waals surface area contributed by atoms with Crippen LogP contribution in [0.1, 0.15) is 18.4 Å². The molecule has 4 heteroatoms. The topological polar surface area (TPSA) is 43.1 Å². The Morgan fingerprint density at radius 1 is 1.29 bits per heavy atom. The molecular weight excluding hydrogens is 246 g/mol. The zero-order valence-electron chi connectivity index (χ0n) is 7.78. The lowest BCUT2D eigenvalue weighted by atomic mass is 10.1. The Hall–Kier alpha value is -0.900. The lowest BCUT2D eigenvalue weighted by Gasteiger charge is -2.02. The Morgan fingerprint density at radius 3 is 2.64 bits per heavy atom. The van der Waals surface area contributed by atoms with Crippen molar-refractivity contribution in [1.82, 2.24) is 0 Å². The molecule has 0 bridgehead atoms. The van der Waals surface area contributed by atoms with Crippen molar-refractivity contribution in [2.45, 2.75) is 19.3 Å². The maximum Gasteiger partial charge on any atom is 0.203 e. The first-order valence-corrected chi connectivity index (χ1v) is 5.34. The van der Waals surface area contributed by atoms with Gasteiger partial charge in [0.05, 0.1) is 0 Å². The predicted molar refractivity (Wildman–Crippen MR) is 58.9 cm³/mol. The van der Waals surface area contributed by atoms with Gasteiger partial charge in [0.15, 0.2) is 0 Å². The number of hydrogen-bond donors (Lipinski definition) is 0. The Labute approximate surface area is 91.4 Å². The molecule has 0 spiro atoms. The van der Waals surface area contributed by atoms with Crippen molar-refractivity contribution in [3.05, 3.63) is 44.4 Å². The SMILES string of the molecule is O=[N+]([O-])CCCCc1ccccc1Br. The van der Waals surface area contributed by atoms with E-state index >= 15 is 0 Å². The standard InChI is InChI=1S/C10H12BrNO2/c11-10-7-2-1-5-9(10)6-3-4-8-12(13)14/h1-2,5,7H,3-4,6,8H2. The minimum atomic E-state index is -0.264. The van der Waals surface area contributed by atoms with Crippen molar-refractivity contribution < 1.29 is 4.92 Å². The first-order valence-electron chi connectivity index (χ1n) is 4.55. The fourth-order valence-electron chi connectivity index (χ4n) is 1.26. The maximum atomic E-state index is 10.1. The van der Waals surface area contributed by atoms with Crippen molar-refractivity contribution >= 4 is 15.9 Å². The van der Waals surface area contributed by atoms with Gasteiger partial charge in [-0.05, 0) is 24.5 Å². The van der Waals surface area contributed by atoms with E-state index in [1.165, 1.54) is 5.56 Å². The first kappa shape index (κ1) is 11.2.